The first-order valence-corrected chi connectivity index (χ1v) is 11.1. The Morgan fingerprint density at radius 3 is 1.71 bits per heavy atom. The molecule has 34 heavy (non-hydrogen) atoms. The van der Waals surface area contributed by atoms with E-state index in [0.29, 0.717) is 28.6 Å². The quantitative estimate of drug-likeness (QED) is 0.289. The number of ether oxygens (including phenoxy) is 1. The monoisotopic (exact) mass is 455 g/mol. The van der Waals surface area contributed by atoms with Gasteiger partial charge in [0.05, 0.1) is 17.1 Å². The Balaban J connectivity index is 2.02. The third kappa shape index (κ3) is 4.13. The molecule has 0 saturated carbocycles. The molecular formula is C29H29NO4. The van der Waals surface area contributed by atoms with Gasteiger partial charge in [0.25, 0.3) is 0 Å². The molecule has 0 bridgehead atoms. The van der Waals surface area contributed by atoms with Crippen LogP contribution < -0.4 is 9.64 Å². The van der Waals surface area contributed by atoms with E-state index >= 15 is 0 Å². The van der Waals surface area contributed by atoms with E-state index in [2.05, 4.69) is 0 Å². The van der Waals surface area contributed by atoms with Crippen LogP contribution in [0.4, 0.5) is 17.1 Å². The lowest BCUT2D eigenvalue weighted by molar-refractivity contribution is 0.453. The third-order valence-electron chi connectivity index (χ3n) is 6.31. The smallest absolute Gasteiger partial charge is 0.151 e. The Hall–Kier alpha value is -4.12. The first kappa shape index (κ1) is 23.1. The van der Waals surface area contributed by atoms with Crippen molar-refractivity contribution in [3.05, 3.63) is 94.5 Å². The molecule has 0 spiro atoms. The zero-order chi connectivity index (χ0) is 24.6. The lowest BCUT2D eigenvalue weighted by atomic mass is 10.0. The normalized spacial score (nSPS) is 10.9. The lowest BCUT2D eigenvalue weighted by Gasteiger charge is -2.31. The summed E-state index contributed by atoms with van der Waals surface area (Å²) < 4.78 is 6.30. The van der Waals surface area contributed by atoms with Crippen LogP contribution in [0.3, 0.4) is 0 Å². The minimum atomic E-state index is 0.0896. The molecule has 0 aliphatic rings. The summed E-state index contributed by atoms with van der Waals surface area (Å²) in [7, 11) is 0. The van der Waals surface area contributed by atoms with E-state index in [4.69, 9.17) is 4.74 Å². The molecule has 0 aliphatic heterocycles. The maximum atomic E-state index is 11.0. The van der Waals surface area contributed by atoms with Crippen LogP contribution in [0, 0.1) is 34.6 Å². The number of para-hydroxylation sites is 2. The molecule has 3 N–H and O–H groups in total. The molecule has 0 radical (unpaired) electrons. The van der Waals surface area contributed by atoms with Crippen molar-refractivity contribution >= 4 is 17.1 Å². The van der Waals surface area contributed by atoms with Crippen LogP contribution in [0.1, 0.15) is 27.8 Å². The molecule has 0 aliphatic carbocycles. The van der Waals surface area contributed by atoms with Gasteiger partial charge < -0.3 is 20.1 Å². The van der Waals surface area contributed by atoms with Crippen molar-refractivity contribution in [3.8, 4) is 28.7 Å². The van der Waals surface area contributed by atoms with Gasteiger partial charge in [-0.25, -0.2) is 0 Å². The topological polar surface area (TPSA) is 73.2 Å². The molecule has 0 saturated heterocycles. The van der Waals surface area contributed by atoms with Gasteiger partial charge in [-0.05, 0) is 92.8 Å². The molecule has 4 aromatic carbocycles. The predicted octanol–water partition coefficient (Wildman–Crippen LogP) is 7.61. The van der Waals surface area contributed by atoms with E-state index in [1.165, 1.54) is 0 Å². The van der Waals surface area contributed by atoms with Crippen molar-refractivity contribution in [3.63, 3.8) is 0 Å². The van der Waals surface area contributed by atoms with Crippen LogP contribution in [-0.2, 0) is 0 Å². The summed E-state index contributed by atoms with van der Waals surface area (Å²) >= 11 is 0. The Kier molecular flexibility index (Phi) is 6.12. The molecule has 0 amide bonds. The van der Waals surface area contributed by atoms with E-state index in [-0.39, 0.29) is 17.2 Å². The molecule has 0 fully saturated rings. The summed E-state index contributed by atoms with van der Waals surface area (Å²) in [5.74, 6) is 1.31. The van der Waals surface area contributed by atoms with Crippen LogP contribution in [0.2, 0.25) is 0 Å². The summed E-state index contributed by atoms with van der Waals surface area (Å²) in [6, 6.07) is 19.5. The molecule has 0 atom stereocenters. The number of hydrogen-bond donors (Lipinski definition) is 3. The number of phenols is 3. The average Bonchev–Trinajstić information content (AvgIpc) is 2.81. The lowest BCUT2D eigenvalue weighted by Crippen LogP contribution is -2.15. The molecule has 0 aromatic heterocycles. The number of hydrogen-bond acceptors (Lipinski definition) is 5. The Morgan fingerprint density at radius 1 is 0.588 bits per heavy atom. The van der Waals surface area contributed by atoms with E-state index in [9.17, 15) is 15.3 Å². The van der Waals surface area contributed by atoms with Gasteiger partial charge in [-0.2, -0.15) is 0 Å². The highest BCUT2D eigenvalue weighted by molar-refractivity contribution is 5.89. The van der Waals surface area contributed by atoms with Crippen LogP contribution in [-0.4, -0.2) is 15.3 Å². The Bertz CT molecular complexity index is 1320. The van der Waals surface area contributed by atoms with Gasteiger partial charge in [-0.3, -0.25) is 4.90 Å². The van der Waals surface area contributed by atoms with Gasteiger partial charge in [-0.15, -0.1) is 0 Å². The molecule has 5 nitrogen and oxygen atoms in total. The highest BCUT2D eigenvalue weighted by Gasteiger charge is 2.26. The summed E-state index contributed by atoms with van der Waals surface area (Å²) in [4.78, 5) is 1.85. The van der Waals surface area contributed by atoms with Gasteiger partial charge in [0.2, 0.25) is 0 Å². The number of nitrogens with zero attached hydrogens (tertiary/aromatic N) is 1. The van der Waals surface area contributed by atoms with Gasteiger partial charge in [-0.1, -0.05) is 30.3 Å². The number of benzene rings is 4. The summed E-state index contributed by atoms with van der Waals surface area (Å²) in [6.45, 7) is 9.77. The summed E-state index contributed by atoms with van der Waals surface area (Å²) in [5.41, 5.74) is 6.39. The molecule has 0 unspecified atom stereocenters. The number of aryl methyl sites for hydroxylation is 3. The largest absolute Gasteiger partial charge is 0.508 e. The van der Waals surface area contributed by atoms with Crippen LogP contribution >= 0.6 is 0 Å². The first-order valence-electron chi connectivity index (χ1n) is 11.1. The summed E-state index contributed by atoms with van der Waals surface area (Å²) in [6.07, 6.45) is 0. The van der Waals surface area contributed by atoms with Gasteiger partial charge in [0, 0.05) is 6.07 Å². The SMILES string of the molecule is Cc1ccc(O)cc1Oc1ccccc1N(c1c(O)ccc(C)c1C)c1c(O)ccc(C)c1C. The molecule has 0 heterocycles. The van der Waals surface area contributed by atoms with Crippen molar-refractivity contribution in [2.24, 2.45) is 0 Å². The number of aromatic hydroxyl groups is 3. The molecular weight excluding hydrogens is 426 g/mol. The van der Waals surface area contributed by atoms with Crippen LogP contribution in [0.5, 0.6) is 28.7 Å². The minimum Gasteiger partial charge on any atom is -0.508 e. The maximum Gasteiger partial charge on any atom is 0.151 e. The van der Waals surface area contributed by atoms with Gasteiger partial charge >= 0.3 is 0 Å². The Morgan fingerprint density at radius 2 is 1.12 bits per heavy atom. The zero-order valence-corrected chi connectivity index (χ0v) is 20.0. The fourth-order valence-corrected chi connectivity index (χ4v) is 4.04. The fraction of sp³-hybridized carbons (Fsp3) is 0.172. The van der Waals surface area contributed by atoms with Crippen molar-refractivity contribution in [2.75, 3.05) is 4.90 Å². The molecule has 4 aromatic rings. The van der Waals surface area contributed by atoms with E-state index in [0.717, 1.165) is 27.8 Å². The van der Waals surface area contributed by atoms with E-state index in [1.54, 1.807) is 30.3 Å². The first-order chi connectivity index (χ1) is 16.2. The van der Waals surface area contributed by atoms with Gasteiger partial charge in [0.1, 0.15) is 23.0 Å². The zero-order valence-electron chi connectivity index (χ0n) is 20.0. The average molecular weight is 456 g/mol. The minimum absolute atomic E-state index is 0.0896. The van der Waals surface area contributed by atoms with E-state index in [1.807, 2.05) is 75.9 Å². The molecule has 174 valence electrons. The van der Waals surface area contributed by atoms with Gasteiger partial charge in [0.15, 0.2) is 5.75 Å². The Labute approximate surface area is 200 Å². The van der Waals surface area contributed by atoms with Crippen molar-refractivity contribution < 1.29 is 20.1 Å². The number of phenolic OH excluding ortho intramolecular Hbond substituents is 3. The van der Waals surface area contributed by atoms with Crippen molar-refractivity contribution in [2.45, 2.75) is 34.6 Å². The number of rotatable bonds is 5. The van der Waals surface area contributed by atoms with E-state index < -0.39 is 0 Å². The predicted molar refractivity (Wildman–Crippen MR) is 136 cm³/mol. The fourth-order valence-electron chi connectivity index (χ4n) is 4.04. The number of anilines is 3. The second kappa shape index (κ2) is 9.02. The summed E-state index contributed by atoms with van der Waals surface area (Å²) in [5, 5.41) is 32.0. The second-order valence-corrected chi connectivity index (χ2v) is 8.61. The highest BCUT2D eigenvalue weighted by Crippen LogP contribution is 2.50. The van der Waals surface area contributed by atoms with Crippen LogP contribution in [0.25, 0.3) is 0 Å². The van der Waals surface area contributed by atoms with Crippen LogP contribution in [0.15, 0.2) is 66.7 Å². The highest BCUT2D eigenvalue weighted by atomic mass is 16.5. The standard InChI is InChI=1S/C29H29NO4/c1-17-11-14-24(32)28(20(17)4)30(29-21(5)18(2)12-15-25(29)33)23-8-6-7-9-26(23)34-27-16-22(31)13-10-19(27)3/h6-16,31-33H,1-5H3. The molecule has 4 rings (SSSR count). The second-order valence-electron chi connectivity index (χ2n) is 8.61. The van der Waals surface area contributed by atoms with Crippen molar-refractivity contribution in [1.29, 1.82) is 0 Å². The maximum absolute atomic E-state index is 11.0. The van der Waals surface area contributed by atoms with Crippen molar-refractivity contribution in [1.82, 2.24) is 0 Å². The third-order valence-corrected chi connectivity index (χ3v) is 6.31. The molecule has 5 heteroatoms.